The van der Waals surface area contributed by atoms with E-state index in [0.29, 0.717) is 0 Å². The van der Waals surface area contributed by atoms with Crippen molar-refractivity contribution in [3.05, 3.63) is 23.7 Å². The van der Waals surface area contributed by atoms with E-state index in [1.54, 1.807) is 5.01 Å². The van der Waals surface area contributed by atoms with E-state index >= 15 is 0 Å². The molecule has 0 aliphatic carbocycles. The fourth-order valence-electron chi connectivity index (χ4n) is 2.25. The topological polar surface area (TPSA) is 55.9 Å². The Kier molecular flexibility index (Phi) is 7.07. The third kappa shape index (κ3) is 5.76. The van der Waals surface area contributed by atoms with Crippen LogP contribution in [0.25, 0.3) is 0 Å². The molecular weight excluding hydrogens is 300 g/mol. The highest BCUT2D eigenvalue weighted by Crippen LogP contribution is 2.17. The van der Waals surface area contributed by atoms with E-state index in [0.717, 1.165) is 36.2 Å². The molecule has 0 spiro atoms. The molecule has 0 aromatic rings. The van der Waals surface area contributed by atoms with E-state index < -0.39 is 0 Å². The van der Waals surface area contributed by atoms with Gasteiger partial charge in [-0.05, 0) is 47.1 Å². The van der Waals surface area contributed by atoms with Crippen LogP contribution in [-0.2, 0) is 0 Å². The van der Waals surface area contributed by atoms with Gasteiger partial charge in [-0.3, -0.25) is 15.0 Å². The molecule has 0 bridgehead atoms. The molecule has 3 aliphatic rings. The molecule has 3 heterocycles. The van der Waals surface area contributed by atoms with Crippen LogP contribution in [0, 0.1) is 0 Å². The van der Waals surface area contributed by atoms with Crippen LogP contribution in [0.5, 0.6) is 0 Å². The Balaban J connectivity index is 0.000000181. The van der Waals surface area contributed by atoms with Crippen LogP contribution < -0.4 is 0 Å². The van der Waals surface area contributed by atoms with Gasteiger partial charge in [0.25, 0.3) is 0 Å². The van der Waals surface area contributed by atoms with Gasteiger partial charge in [-0.15, -0.1) is 0 Å². The number of hydrazone groups is 1. The molecule has 0 atom stereocenters. The molecule has 6 heteroatoms. The number of rotatable bonds is 0. The zero-order valence-corrected chi connectivity index (χ0v) is 16.3. The Morgan fingerprint density at radius 2 is 1.54 bits per heavy atom. The summed E-state index contributed by atoms with van der Waals surface area (Å²) < 4.78 is 0. The third-order valence-corrected chi connectivity index (χ3v) is 3.93. The summed E-state index contributed by atoms with van der Waals surface area (Å²) in [5, 5.41) is 5.89. The predicted molar refractivity (Wildman–Crippen MR) is 105 cm³/mol. The molecule has 6 nitrogen and oxygen atoms in total. The van der Waals surface area contributed by atoms with E-state index in [-0.39, 0.29) is 0 Å². The summed E-state index contributed by atoms with van der Waals surface area (Å²) >= 11 is 0. The van der Waals surface area contributed by atoms with Crippen molar-refractivity contribution in [3.8, 4) is 0 Å². The molecule has 3 aliphatic heterocycles. The monoisotopic (exact) mass is 330 g/mol. The molecule has 132 valence electrons. The average Bonchev–Trinajstić information content (AvgIpc) is 3.08. The molecule has 0 amide bonds. The molecule has 0 saturated carbocycles. The van der Waals surface area contributed by atoms with E-state index in [4.69, 9.17) is 0 Å². The van der Waals surface area contributed by atoms with Crippen molar-refractivity contribution in [2.24, 2.45) is 20.1 Å². The Hall–Kier alpha value is -2.24. The SMILES string of the molecule is C=C1N(C)N=C(C)N1C.CC1=NC(C)=C(C)C1.CC1=NC(C)=NC1. The number of amidine groups is 2. The zero-order valence-electron chi connectivity index (χ0n) is 16.3. The van der Waals surface area contributed by atoms with Crippen molar-refractivity contribution in [2.75, 3.05) is 20.6 Å². The van der Waals surface area contributed by atoms with Crippen LogP contribution in [0.1, 0.15) is 48.0 Å². The van der Waals surface area contributed by atoms with Gasteiger partial charge in [-0.1, -0.05) is 6.58 Å². The first-order valence-electron chi connectivity index (χ1n) is 8.09. The van der Waals surface area contributed by atoms with Gasteiger partial charge in [-0.2, -0.15) is 5.10 Å². The molecule has 0 saturated heterocycles. The van der Waals surface area contributed by atoms with Crippen LogP contribution in [0.3, 0.4) is 0 Å². The molecule has 0 radical (unpaired) electrons. The van der Waals surface area contributed by atoms with Gasteiger partial charge in [-0.25, -0.2) is 4.99 Å². The second-order valence-electron chi connectivity index (χ2n) is 6.25. The Labute approximate surface area is 146 Å². The van der Waals surface area contributed by atoms with Crippen LogP contribution >= 0.6 is 0 Å². The van der Waals surface area contributed by atoms with Gasteiger partial charge in [0.15, 0.2) is 0 Å². The van der Waals surface area contributed by atoms with Crippen molar-refractivity contribution in [2.45, 2.75) is 48.0 Å². The summed E-state index contributed by atoms with van der Waals surface area (Å²) in [5.74, 6) is 2.83. The first-order valence-corrected chi connectivity index (χ1v) is 8.09. The first-order chi connectivity index (χ1) is 11.1. The van der Waals surface area contributed by atoms with Crippen molar-refractivity contribution in [1.82, 2.24) is 9.91 Å². The Morgan fingerprint density at radius 1 is 0.917 bits per heavy atom. The smallest absolute Gasteiger partial charge is 0.127 e. The minimum atomic E-state index is 0.811. The van der Waals surface area contributed by atoms with E-state index in [1.807, 2.05) is 39.8 Å². The van der Waals surface area contributed by atoms with E-state index in [1.165, 1.54) is 17.0 Å². The second kappa shape index (κ2) is 8.57. The second-order valence-corrected chi connectivity index (χ2v) is 6.25. The number of aliphatic imine (C=N–C) groups is 3. The molecule has 0 aromatic carbocycles. The standard InChI is InChI=1S/C7H11N.C6H11N3.C5H8N2/c1-5-4-6(2)8-7(5)3;1-5-7-9(4)6(2)8(5)3;1-4-3-6-5(2)7-4/h4H2,1-3H3;2H2,1,3-4H3;3H2,1-2H3. The maximum atomic E-state index is 4.27. The lowest BCUT2D eigenvalue weighted by atomic mass is 10.2. The van der Waals surface area contributed by atoms with Gasteiger partial charge in [0, 0.05) is 37.6 Å². The summed E-state index contributed by atoms with van der Waals surface area (Å²) in [6.07, 6.45) is 1.09. The molecular formula is C18H30N6. The van der Waals surface area contributed by atoms with Crippen LogP contribution in [0.4, 0.5) is 0 Å². The van der Waals surface area contributed by atoms with E-state index in [9.17, 15) is 0 Å². The largest absolute Gasteiger partial charge is 0.317 e. The summed E-state index contributed by atoms with van der Waals surface area (Å²) in [4.78, 5) is 14.3. The minimum Gasteiger partial charge on any atom is -0.317 e. The van der Waals surface area contributed by atoms with Gasteiger partial charge in [0.2, 0.25) is 0 Å². The van der Waals surface area contributed by atoms with Crippen LogP contribution in [-0.4, -0.2) is 53.6 Å². The van der Waals surface area contributed by atoms with Crippen molar-refractivity contribution >= 4 is 23.1 Å². The fraction of sp³-hybridized carbons (Fsp3) is 0.556. The van der Waals surface area contributed by atoms with Gasteiger partial charge < -0.3 is 4.90 Å². The highest BCUT2D eigenvalue weighted by atomic mass is 15.6. The molecule has 0 fully saturated rings. The van der Waals surface area contributed by atoms with Crippen molar-refractivity contribution < 1.29 is 0 Å². The summed E-state index contributed by atoms with van der Waals surface area (Å²) in [7, 11) is 3.83. The predicted octanol–water partition coefficient (Wildman–Crippen LogP) is 3.69. The van der Waals surface area contributed by atoms with Gasteiger partial charge >= 0.3 is 0 Å². The lowest BCUT2D eigenvalue weighted by Gasteiger charge is -2.13. The van der Waals surface area contributed by atoms with E-state index in [2.05, 4.69) is 47.4 Å². The van der Waals surface area contributed by atoms with Crippen molar-refractivity contribution in [1.29, 1.82) is 0 Å². The first kappa shape index (κ1) is 19.8. The molecule has 0 aromatic heterocycles. The number of nitrogens with zero attached hydrogens (tertiary/aromatic N) is 6. The summed E-state index contributed by atoms with van der Waals surface area (Å²) in [6, 6.07) is 0. The van der Waals surface area contributed by atoms with Crippen LogP contribution in [0.2, 0.25) is 0 Å². The minimum absolute atomic E-state index is 0.811. The maximum Gasteiger partial charge on any atom is 0.127 e. The normalized spacial score (nSPS) is 19.2. The number of allylic oxidation sites excluding steroid dienone is 2. The number of hydrogen-bond donors (Lipinski definition) is 0. The Morgan fingerprint density at radius 3 is 1.67 bits per heavy atom. The highest BCUT2D eigenvalue weighted by molar-refractivity contribution is 6.01. The van der Waals surface area contributed by atoms with Gasteiger partial charge in [0.1, 0.15) is 17.5 Å². The highest BCUT2D eigenvalue weighted by Gasteiger charge is 2.16. The maximum absolute atomic E-state index is 4.27. The quantitative estimate of drug-likeness (QED) is 0.680. The zero-order chi connectivity index (χ0) is 18.4. The molecule has 24 heavy (non-hydrogen) atoms. The lowest BCUT2D eigenvalue weighted by Crippen LogP contribution is -2.20. The molecule has 0 N–H and O–H groups in total. The summed E-state index contributed by atoms with van der Waals surface area (Å²) in [5.41, 5.74) is 5.00. The van der Waals surface area contributed by atoms with Gasteiger partial charge in [0.05, 0.1) is 6.54 Å². The average molecular weight is 330 g/mol. The molecule has 3 rings (SSSR count). The third-order valence-electron chi connectivity index (χ3n) is 3.93. The summed E-state index contributed by atoms with van der Waals surface area (Å²) in [6.45, 7) is 16.7. The Bertz CT molecular complexity index is 648. The molecule has 0 unspecified atom stereocenters. The number of hydrogen-bond acceptors (Lipinski definition) is 6. The van der Waals surface area contributed by atoms with Crippen LogP contribution in [0.15, 0.2) is 43.7 Å². The lowest BCUT2D eigenvalue weighted by molar-refractivity contribution is 0.402. The van der Waals surface area contributed by atoms with Crippen molar-refractivity contribution in [3.63, 3.8) is 0 Å². The fourth-order valence-corrected chi connectivity index (χ4v) is 2.25.